The first-order valence-electron chi connectivity index (χ1n) is 6.47. The van der Waals surface area contributed by atoms with E-state index < -0.39 is 0 Å². The van der Waals surface area contributed by atoms with Gasteiger partial charge in [0.15, 0.2) is 0 Å². The molecule has 0 amide bonds. The van der Waals surface area contributed by atoms with E-state index in [1.807, 2.05) is 6.07 Å². The topological polar surface area (TPSA) is 31.2 Å². The lowest BCUT2D eigenvalue weighted by Crippen LogP contribution is -2.15. The van der Waals surface area contributed by atoms with Gasteiger partial charge in [0.1, 0.15) is 6.54 Å². The number of aryl methyl sites for hydroxylation is 1. The third-order valence-corrected chi connectivity index (χ3v) is 3.80. The van der Waals surface area contributed by atoms with Crippen LogP contribution in [0.15, 0.2) is 24.3 Å². The summed E-state index contributed by atoms with van der Waals surface area (Å²) in [6.45, 7) is 0.326. The van der Waals surface area contributed by atoms with Crippen LogP contribution >= 0.6 is 0 Å². The zero-order valence-corrected chi connectivity index (χ0v) is 10.6. The van der Waals surface area contributed by atoms with Crippen molar-refractivity contribution in [1.29, 1.82) is 0 Å². The number of methoxy groups -OCH3 is 1. The Labute approximate surface area is 106 Å². The maximum Gasteiger partial charge on any atom is 0.325 e. The van der Waals surface area contributed by atoms with E-state index in [0.717, 1.165) is 18.4 Å². The molecule has 0 fully saturated rings. The molecule has 0 atom stereocenters. The summed E-state index contributed by atoms with van der Waals surface area (Å²) in [5.41, 5.74) is 3.92. The maximum absolute atomic E-state index is 11.6. The predicted octanol–water partition coefficient (Wildman–Crippen LogP) is 2.69. The molecule has 0 unspecified atom stereocenters. The molecule has 0 aliphatic heterocycles. The molecule has 0 saturated heterocycles. The summed E-state index contributed by atoms with van der Waals surface area (Å²) >= 11 is 0. The lowest BCUT2D eigenvalue weighted by molar-refractivity contribution is -0.141. The van der Waals surface area contributed by atoms with E-state index in [0.29, 0.717) is 6.54 Å². The van der Waals surface area contributed by atoms with Crippen LogP contribution in [0.5, 0.6) is 0 Å². The van der Waals surface area contributed by atoms with Gasteiger partial charge < -0.3 is 9.30 Å². The molecule has 3 heteroatoms. The van der Waals surface area contributed by atoms with Gasteiger partial charge in [0.05, 0.1) is 7.11 Å². The number of carbonyl (C=O) groups excluding carboxylic acids is 1. The molecule has 0 spiro atoms. The third-order valence-electron chi connectivity index (χ3n) is 3.80. The second-order valence-electron chi connectivity index (χ2n) is 4.81. The molecule has 0 N–H and O–H groups in total. The summed E-state index contributed by atoms with van der Waals surface area (Å²) in [5, 5.41) is 1.30. The van der Waals surface area contributed by atoms with Crippen molar-refractivity contribution >= 4 is 16.9 Å². The lowest BCUT2D eigenvalue weighted by atomic mass is 9.96. The van der Waals surface area contributed by atoms with Gasteiger partial charge in [0.2, 0.25) is 0 Å². The maximum atomic E-state index is 11.6. The summed E-state index contributed by atoms with van der Waals surface area (Å²) in [6, 6.07) is 8.35. The van der Waals surface area contributed by atoms with Crippen molar-refractivity contribution in [1.82, 2.24) is 4.57 Å². The molecule has 0 radical (unpaired) electrons. The fourth-order valence-corrected chi connectivity index (χ4v) is 2.96. The highest BCUT2D eigenvalue weighted by Crippen LogP contribution is 2.31. The van der Waals surface area contributed by atoms with Crippen LogP contribution < -0.4 is 0 Å². The Kier molecular flexibility index (Phi) is 2.82. The van der Waals surface area contributed by atoms with Crippen molar-refractivity contribution in [3.63, 3.8) is 0 Å². The normalized spacial score (nSPS) is 14.5. The number of aromatic nitrogens is 1. The standard InChI is InChI=1S/C15H17NO2/c1-18-15(17)10-16-13-8-4-2-6-11(13)12-7-3-5-9-14(12)16/h2,4,6,8H,3,5,7,9-10H2,1H3. The number of benzene rings is 1. The Morgan fingerprint density at radius 3 is 2.89 bits per heavy atom. The molecule has 1 aliphatic carbocycles. The quantitative estimate of drug-likeness (QED) is 0.759. The summed E-state index contributed by atoms with van der Waals surface area (Å²) in [7, 11) is 1.44. The van der Waals surface area contributed by atoms with E-state index in [-0.39, 0.29) is 5.97 Å². The van der Waals surface area contributed by atoms with Crippen LogP contribution in [-0.2, 0) is 28.9 Å². The Morgan fingerprint density at radius 2 is 2.06 bits per heavy atom. The highest BCUT2D eigenvalue weighted by Gasteiger charge is 2.20. The molecule has 18 heavy (non-hydrogen) atoms. The van der Waals surface area contributed by atoms with Gasteiger partial charge in [-0.15, -0.1) is 0 Å². The summed E-state index contributed by atoms with van der Waals surface area (Å²) < 4.78 is 6.94. The number of esters is 1. The van der Waals surface area contributed by atoms with Crippen molar-refractivity contribution in [2.75, 3.05) is 7.11 Å². The van der Waals surface area contributed by atoms with Crippen LogP contribution in [0.2, 0.25) is 0 Å². The molecule has 1 aromatic carbocycles. The zero-order chi connectivity index (χ0) is 12.5. The molecular weight excluding hydrogens is 226 g/mol. The van der Waals surface area contributed by atoms with E-state index >= 15 is 0 Å². The Hall–Kier alpha value is -1.77. The molecular formula is C15H17NO2. The second-order valence-corrected chi connectivity index (χ2v) is 4.81. The van der Waals surface area contributed by atoms with Gasteiger partial charge in [-0.1, -0.05) is 18.2 Å². The Bertz CT molecular complexity index is 598. The average molecular weight is 243 g/mol. The van der Waals surface area contributed by atoms with E-state index in [2.05, 4.69) is 22.8 Å². The largest absolute Gasteiger partial charge is 0.468 e. The van der Waals surface area contributed by atoms with E-state index in [1.165, 1.54) is 36.6 Å². The molecule has 3 rings (SSSR count). The van der Waals surface area contributed by atoms with Crippen molar-refractivity contribution in [2.45, 2.75) is 32.2 Å². The third kappa shape index (κ3) is 1.70. The minimum absolute atomic E-state index is 0.177. The van der Waals surface area contributed by atoms with Crippen molar-refractivity contribution in [2.24, 2.45) is 0 Å². The van der Waals surface area contributed by atoms with Crippen LogP contribution in [0, 0.1) is 0 Å². The number of fused-ring (bicyclic) bond motifs is 3. The van der Waals surface area contributed by atoms with Crippen molar-refractivity contribution in [3.05, 3.63) is 35.5 Å². The Balaban J connectivity index is 2.19. The van der Waals surface area contributed by atoms with E-state index in [4.69, 9.17) is 4.74 Å². The van der Waals surface area contributed by atoms with Gasteiger partial charge in [-0.3, -0.25) is 4.79 Å². The highest BCUT2D eigenvalue weighted by atomic mass is 16.5. The van der Waals surface area contributed by atoms with Crippen LogP contribution in [0.25, 0.3) is 10.9 Å². The average Bonchev–Trinajstić information content (AvgIpc) is 2.74. The SMILES string of the molecule is COC(=O)Cn1c2c(c3ccccc31)CCCC2. The molecule has 94 valence electrons. The van der Waals surface area contributed by atoms with Crippen molar-refractivity contribution in [3.8, 4) is 0 Å². The molecule has 1 aliphatic rings. The zero-order valence-electron chi connectivity index (χ0n) is 10.6. The molecule has 1 aromatic heterocycles. The monoisotopic (exact) mass is 243 g/mol. The fourth-order valence-electron chi connectivity index (χ4n) is 2.96. The Morgan fingerprint density at radius 1 is 1.28 bits per heavy atom. The van der Waals surface area contributed by atoms with Crippen molar-refractivity contribution < 1.29 is 9.53 Å². The summed E-state index contributed by atoms with van der Waals surface area (Å²) in [5.74, 6) is -0.177. The van der Waals surface area contributed by atoms with Gasteiger partial charge in [-0.05, 0) is 37.3 Å². The predicted molar refractivity (Wildman–Crippen MR) is 70.6 cm³/mol. The number of carbonyl (C=O) groups is 1. The van der Waals surface area contributed by atoms with Crippen LogP contribution in [0.1, 0.15) is 24.1 Å². The minimum atomic E-state index is -0.177. The molecule has 3 nitrogen and oxygen atoms in total. The first-order chi connectivity index (χ1) is 8.81. The molecule has 0 bridgehead atoms. The van der Waals surface area contributed by atoms with E-state index in [9.17, 15) is 4.79 Å². The van der Waals surface area contributed by atoms with Gasteiger partial charge in [0, 0.05) is 16.6 Å². The fraction of sp³-hybridized carbons (Fsp3) is 0.400. The molecule has 2 aromatic rings. The van der Waals surface area contributed by atoms with Crippen LogP contribution in [0.4, 0.5) is 0 Å². The van der Waals surface area contributed by atoms with Gasteiger partial charge in [-0.2, -0.15) is 0 Å². The number of hydrogen-bond acceptors (Lipinski definition) is 2. The number of ether oxygens (including phenoxy) is 1. The van der Waals surface area contributed by atoms with E-state index in [1.54, 1.807) is 0 Å². The molecule has 1 heterocycles. The van der Waals surface area contributed by atoms with Crippen LogP contribution in [-0.4, -0.2) is 17.6 Å². The lowest BCUT2D eigenvalue weighted by Gasteiger charge is -2.15. The number of nitrogens with zero attached hydrogens (tertiary/aromatic N) is 1. The smallest absolute Gasteiger partial charge is 0.325 e. The number of hydrogen-bond donors (Lipinski definition) is 0. The second kappa shape index (κ2) is 4.48. The summed E-state index contributed by atoms with van der Waals surface area (Å²) in [6.07, 6.45) is 4.66. The number of rotatable bonds is 2. The summed E-state index contributed by atoms with van der Waals surface area (Å²) in [4.78, 5) is 11.6. The van der Waals surface area contributed by atoms with Gasteiger partial charge in [0.25, 0.3) is 0 Å². The first kappa shape index (κ1) is 11.3. The highest BCUT2D eigenvalue weighted by molar-refractivity contribution is 5.87. The van der Waals surface area contributed by atoms with Gasteiger partial charge >= 0.3 is 5.97 Å². The minimum Gasteiger partial charge on any atom is -0.468 e. The van der Waals surface area contributed by atoms with Gasteiger partial charge in [-0.25, -0.2) is 0 Å². The molecule has 0 saturated carbocycles. The number of para-hydroxylation sites is 1. The first-order valence-corrected chi connectivity index (χ1v) is 6.47. The van der Waals surface area contributed by atoms with Crippen LogP contribution in [0.3, 0.4) is 0 Å².